The minimum atomic E-state index is -0.321. The molecular formula is C18H22N2O3. The lowest BCUT2D eigenvalue weighted by Crippen LogP contribution is -2.24. The molecule has 0 amide bonds. The molecule has 2 aromatic rings. The number of carbonyl (C=O) groups is 1. The topological polar surface area (TPSA) is 62.7 Å². The van der Waals surface area contributed by atoms with E-state index in [2.05, 4.69) is 4.90 Å². The van der Waals surface area contributed by atoms with Crippen molar-refractivity contribution < 1.29 is 14.6 Å². The number of likely N-dealkylation sites (tertiary alicyclic amines) is 1. The van der Waals surface area contributed by atoms with Crippen LogP contribution in [0.2, 0.25) is 0 Å². The number of esters is 1. The van der Waals surface area contributed by atoms with Crippen molar-refractivity contribution in [1.82, 2.24) is 9.88 Å². The van der Waals surface area contributed by atoms with Gasteiger partial charge in [-0.15, -0.1) is 0 Å². The Kier molecular flexibility index (Phi) is 4.59. The maximum atomic E-state index is 12.4. The van der Waals surface area contributed by atoms with Gasteiger partial charge in [0.2, 0.25) is 0 Å². The quantitative estimate of drug-likeness (QED) is 0.877. The van der Waals surface area contributed by atoms with Crippen LogP contribution >= 0.6 is 0 Å². The minimum absolute atomic E-state index is 0.289. The lowest BCUT2D eigenvalue weighted by molar-refractivity contribution is 0.0522. The van der Waals surface area contributed by atoms with Crippen LogP contribution in [0.25, 0.3) is 10.9 Å². The first-order valence-electron chi connectivity index (χ1n) is 8.06. The number of carbonyl (C=O) groups excluding carboxylic acids is 1. The Labute approximate surface area is 135 Å². The third kappa shape index (κ3) is 3.21. The fourth-order valence-corrected chi connectivity index (χ4v) is 3.20. The van der Waals surface area contributed by atoms with Gasteiger partial charge in [0, 0.05) is 25.0 Å². The van der Waals surface area contributed by atoms with E-state index in [0.29, 0.717) is 25.3 Å². The van der Waals surface area contributed by atoms with Crippen molar-refractivity contribution in [2.24, 2.45) is 0 Å². The zero-order chi connectivity index (χ0) is 16.4. The number of aromatic nitrogens is 1. The average Bonchev–Trinajstić information content (AvgIpc) is 2.93. The van der Waals surface area contributed by atoms with Crippen molar-refractivity contribution >= 4 is 16.9 Å². The van der Waals surface area contributed by atoms with E-state index in [-0.39, 0.29) is 12.1 Å². The predicted octanol–water partition coefficient (Wildman–Crippen LogP) is 2.29. The summed E-state index contributed by atoms with van der Waals surface area (Å²) in [6.45, 7) is 6.08. The zero-order valence-corrected chi connectivity index (χ0v) is 13.6. The first-order valence-corrected chi connectivity index (χ1v) is 8.06. The van der Waals surface area contributed by atoms with Crippen molar-refractivity contribution in [3.8, 4) is 0 Å². The maximum Gasteiger partial charge on any atom is 0.340 e. The van der Waals surface area contributed by atoms with Gasteiger partial charge in [-0.3, -0.25) is 9.88 Å². The molecule has 1 aromatic heterocycles. The molecule has 5 heteroatoms. The van der Waals surface area contributed by atoms with Crippen molar-refractivity contribution in [3.05, 3.63) is 41.1 Å². The summed E-state index contributed by atoms with van der Waals surface area (Å²) in [6.07, 6.45) is 0.476. The summed E-state index contributed by atoms with van der Waals surface area (Å²) in [5.74, 6) is -0.321. The second kappa shape index (κ2) is 6.64. The number of nitrogens with zero attached hydrogens (tertiary/aromatic N) is 2. The van der Waals surface area contributed by atoms with Crippen LogP contribution in [-0.4, -0.2) is 46.8 Å². The standard InChI is InChI=1S/C18H22N2O3/c1-3-23-18(22)17-12(2)14-6-4-5-7-15(14)19-16(17)11-20-9-8-13(21)10-20/h4-7,13,21H,3,8-11H2,1-2H3/t13-/m1/s1. The SMILES string of the molecule is CCOC(=O)c1c(CN2CC[C@@H](O)C2)nc2ccccc2c1C. The molecule has 1 fully saturated rings. The summed E-state index contributed by atoms with van der Waals surface area (Å²) in [7, 11) is 0. The van der Waals surface area contributed by atoms with E-state index in [9.17, 15) is 9.90 Å². The second-order valence-electron chi connectivity index (χ2n) is 5.97. The maximum absolute atomic E-state index is 12.4. The van der Waals surface area contributed by atoms with E-state index in [1.54, 1.807) is 6.92 Å². The second-order valence-corrected chi connectivity index (χ2v) is 5.97. The predicted molar refractivity (Wildman–Crippen MR) is 88.3 cm³/mol. The summed E-state index contributed by atoms with van der Waals surface area (Å²) < 4.78 is 5.24. The van der Waals surface area contributed by atoms with E-state index in [1.165, 1.54) is 0 Å². The normalized spacial score (nSPS) is 18.5. The van der Waals surface area contributed by atoms with E-state index in [1.807, 2.05) is 31.2 Å². The molecule has 1 N–H and O–H groups in total. The van der Waals surface area contributed by atoms with Gasteiger partial charge in [-0.1, -0.05) is 18.2 Å². The minimum Gasteiger partial charge on any atom is -0.462 e. The monoisotopic (exact) mass is 314 g/mol. The first-order chi connectivity index (χ1) is 11.1. The van der Waals surface area contributed by atoms with Crippen molar-refractivity contribution in [2.75, 3.05) is 19.7 Å². The van der Waals surface area contributed by atoms with Gasteiger partial charge in [0.1, 0.15) is 0 Å². The molecule has 1 saturated heterocycles. The fourth-order valence-electron chi connectivity index (χ4n) is 3.20. The molecule has 1 aliphatic heterocycles. The number of β-amino-alcohol motifs (C(OH)–C–C–N with tert-alkyl or cyclic N) is 1. The van der Waals surface area contributed by atoms with Gasteiger partial charge in [0.25, 0.3) is 0 Å². The molecule has 122 valence electrons. The van der Waals surface area contributed by atoms with Crippen LogP contribution in [0.4, 0.5) is 0 Å². The molecule has 0 saturated carbocycles. The molecule has 0 spiro atoms. The Bertz CT molecular complexity index is 730. The highest BCUT2D eigenvalue weighted by Gasteiger charge is 2.25. The highest BCUT2D eigenvalue weighted by atomic mass is 16.5. The Hall–Kier alpha value is -1.98. The third-order valence-corrected chi connectivity index (χ3v) is 4.33. The van der Waals surface area contributed by atoms with Crippen LogP contribution in [0.3, 0.4) is 0 Å². The molecule has 1 atom stereocenters. The molecule has 5 nitrogen and oxygen atoms in total. The van der Waals surface area contributed by atoms with Gasteiger partial charge >= 0.3 is 5.97 Å². The van der Waals surface area contributed by atoms with Crippen LogP contribution in [0.15, 0.2) is 24.3 Å². The van der Waals surface area contributed by atoms with Gasteiger partial charge in [0.05, 0.1) is 29.5 Å². The highest BCUT2D eigenvalue weighted by molar-refractivity contribution is 5.98. The molecule has 1 aromatic carbocycles. The molecule has 23 heavy (non-hydrogen) atoms. The number of hydrogen-bond donors (Lipinski definition) is 1. The van der Waals surface area contributed by atoms with Crippen molar-refractivity contribution in [3.63, 3.8) is 0 Å². The van der Waals surface area contributed by atoms with E-state index in [0.717, 1.165) is 35.1 Å². The Morgan fingerprint density at radius 2 is 2.22 bits per heavy atom. The van der Waals surface area contributed by atoms with Gasteiger partial charge < -0.3 is 9.84 Å². The van der Waals surface area contributed by atoms with Gasteiger partial charge in [-0.05, 0) is 31.9 Å². The molecule has 3 rings (SSSR count). The summed E-state index contributed by atoms with van der Waals surface area (Å²) in [6, 6.07) is 7.83. The fraction of sp³-hybridized carbons (Fsp3) is 0.444. The Morgan fingerprint density at radius 3 is 2.91 bits per heavy atom. The number of fused-ring (bicyclic) bond motifs is 1. The summed E-state index contributed by atoms with van der Waals surface area (Å²) >= 11 is 0. The van der Waals surface area contributed by atoms with Crippen LogP contribution in [0.5, 0.6) is 0 Å². The number of hydrogen-bond acceptors (Lipinski definition) is 5. The highest BCUT2D eigenvalue weighted by Crippen LogP contribution is 2.25. The van der Waals surface area contributed by atoms with Crippen LogP contribution in [0.1, 0.15) is 35.0 Å². The van der Waals surface area contributed by atoms with Gasteiger partial charge in [0.15, 0.2) is 0 Å². The number of benzene rings is 1. The zero-order valence-electron chi connectivity index (χ0n) is 13.6. The molecule has 0 radical (unpaired) electrons. The van der Waals surface area contributed by atoms with Gasteiger partial charge in [-0.2, -0.15) is 0 Å². The summed E-state index contributed by atoms with van der Waals surface area (Å²) in [5.41, 5.74) is 3.08. The number of aryl methyl sites for hydroxylation is 1. The first kappa shape index (κ1) is 15.9. The molecule has 0 bridgehead atoms. The van der Waals surface area contributed by atoms with Crippen LogP contribution in [-0.2, 0) is 11.3 Å². The Balaban J connectivity index is 2.05. The number of pyridine rings is 1. The lowest BCUT2D eigenvalue weighted by atomic mass is 10.0. The van der Waals surface area contributed by atoms with E-state index >= 15 is 0 Å². The van der Waals surface area contributed by atoms with Crippen molar-refractivity contribution in [1.29, 1.82) is 0 Å². The number of aliphatic hydroxyl groups excluding tert-OH is 1. The van der Waals surface area contributed by atoms with Crippen molar-refractivity contribution in [2.45, 2.75) is 32.9 Å². The molecule has 0 unspecified atom stereocenters. The van der Waals surface area contributed by atoms with E-state index in [4.69, 9.17) is 9.72 Å². The largest absolute Gasteiger partial charge is 0.462 e. The molecule has 2 heterocycles. The number of ether oxygens (including phenoxy) is 1. The summed E-state index contributed by atoms with van der Waals surface area (Å²) in [5, 5.41) is 10.7. The molecular weight excluding hydrogens is 292 g/mol. The number of para-hydroxylation sites is 1. The number of aliphatic hydroxyl groups is 1. The smallest absolute Gasteiger partial charge is 0.340 e. The number of rotatable bonds is 4. The van der Waals surface area contributed by atoms with Gasteiger partial charge in [-0.25, -0.2) is 4.79 Å². The van der Waals surface area contributed by atoms with Crippen LogP contribution < -0.4 is 0 Å². The van der Waals surface area contributed by atoms with Crippen LogP contribution in [0, 0.1) is 6.92 Å². The van der Waals surface area contributed by atoms with E-state index < -0.39 is 0 Å². The summed E-state index contributed by atoms with van der Waals surface area (Å²) in [4.78, 5) is 19.3. The third-order valence-electron chi connectivity index (χ3n) is 4.33. The molecule has 0 aliphatic carbocycles. The average molecular weight is 314 g/mol. The molecule has 1 aliphatic rings. The lowest BCUT2D eigenvalue weighted by Gasteiger charge is -2.19. The Morgan fingerprint density at radius 1 is 1.43 bits per heavy atom.